The van der Waals surface area contributed by atoms with Crippen molar-refractivity contribution in [1.82, 2.24) is 10.2 Å². The second kappa shape index (κ2) is 12.2. The largest absolute Gasteiger partial charge is 0.486 e. The number of unbranched alkanes of at least 4 members (excludes halogenated alkanes) is 2. The summed E-state index contributed by atoms with van der Waals surface area (Å²) in [6.45, 7) is 5.83. The lowest BCUT2D eigenvalue weighted by atomic mass is 10.0. The van der Waals surface area contributed by atoms with E-state index in [1.54, 1.807) is 0 Å². The Bertz CT molecular complexity index is 1190. The van der Waals surface area contributed by atoms with Gasteiger partial charge < -0.3 is 10.5 Å². The number of carbonyl (C=O) groups excluding carboxylic acids is 3. The predicted molar refractivity (Wildman–Crippen MR) is 140 cm³/mol. The number of azo groups is 1. The van der Waals surface area contributed by atoms with E-state index in [0.717, 1.165) is 52.9 Å². The van der Waals surface area contributed by atoms with E-state index in [1.165, 1.54) is 0 Å². The lowest BCUT2D eigenvalue weighted by Crippen LogP contribution is -2.50. The summed E-state index contributed by atoms with van der Waals surface area (Å²) in [4.78, 5) is 38.1. The number of ketones is 1. The third-order valence-electron chi connectivity index (χ3n) is 6.92. The van der Waals surface area contributed by atoms with Crippen LogP contribution < -0.4 is 15.8 Å². The molecule has 1 fully saturated rings. The van der Waals surface area contributed by atoms with E-state index >= 15 is 0 Å². The maximum absolute atomic E-state index is 12.3. The van der Waals surface area contributed by atoms with Gasteiger partial charge in [0.1, 0.15) is 12.4 Å². The first-order valence-corrected chi connectivity index (χ1v) is 12.9. The van der Waals surface area contributed by atoms with Crippen molar-refractivity contribution in [3.8, 4) is 5.75 Å². The molecular weight excluding hydrogens is 470 g/mol. The number of amides is 2. The number of hydrogen-bond acceptors (Lipinski definition) is 8. The normalized spacial score (nSPS) is 17.8. The highest BCUT2D eigenvalue weighted by atomic mass is 16.5. The molecule has 2 aromatic carbocycles. The van der Waals surface area contributed by atoms with Crippen LogP contribution in [0.4, 0.5) is 11.4 Å². The number of benzene rings is 2. The average molecular weight is 506 g/mol. The Morgan fingerprint density at radius 2 is 1.89 bits per heavy atom. The molecule has 2 aromatic rings. The van der Waals surface area contributed by atoms with Gasteiger partial charge in [-0.25, -0.2) is 0 Å². The molecule has 37 heavy (non-hydrogen) atoms. The van der Waals surface area contributed by atoms with Gasteiger partial charge in [-0.05, 0) is 80.1 Å². The number of nitrogens with two attached hydrogens (primary N) is 1. The molecule has 2 amide bonds. The number of nitrogens with zero attached hydrogens (tertiary/aromatic N) is 3. The van der Waals surface area contributed by atoms with Crippen LogP contribution in [0.15, 0.2) is 40.6 Å². The SMILES string of the molecule is Cc1cc(OCC(=O)CCCCCN)cc(C)c1N=Nc1cccc2c1CN(C1CCC(=O)NC1=O)C2. The van der Waals surface area contributed by atoms with Gasteiger partial charge in [0.05, 0.1) is 17.4 Å². The van der Waals surface area contributed by atoms with Crippen molar-refractivity contribution in [2.24, 2.45) is 16.0 Å². The third-order valence-corrected chi connectivity index (χ3v) is 6.92. The summed E-state index contributed by atoms with van der Waals surface area (Å²) in [5.74, 6) is 0.290. The molecule has 0 aliphatic carbocycles. The van der Waals surface area contributed by atoms with Gasteiger partial charge in [0.25, 0.3) is 0 Å². The lowest BCUT2D eigenvalue weighted by molar-refractivity contribution is -0.137. The summed E-state index contributed by atoms with van der Waals surface area (Å²) in [7, 11) is 0. The Labute approximate surface area is 217 Å². The number of Topliss-reactive ketones (excluding diaryl/α,β-unsaturated/α-hetero) is 1. The Balaban J connectivity index is 1.40. The van der Waals surface area contributed by atoms with Gasteiger partial charge in [0, 0.05) is 25.9 Å². The first kappa shape index (κ1) is 26.6. The summed E-state index contributed by atoms with van der Waals surface area (Å²) in [5, 5.41) is 11.6. The fourth-order valence-electron chi connectivity index (χ4n) is 4.91. The number of ether oxygens (including phenoxy) is 1. The molecule has 1 unspecified atom stereocenters. The zero-order valence-corrected chi connectivity index (χ0v) is 21.6. The van der Waals surface area contributed by atoms with E-state index in [1.807, 2.05) is 44.2 Å². The molecule has 9 nitrogen and oxygen atoms in total. The van der Waals surface area contributed by atoms with Crippen molar-refractivity contribution in [1.29, 1.82) is 0 Å². The van der Waals surface area contributed by atoms with Gasteiger partial charge in [-0.3, -0.25) is 24.6 Å². The molecule has 0 spiro atoms. The van der Waals surface area contributed by atoms with E-state index in [9.17, 15) is 14.4 Å². The highest BCUT2D eigenvalue weighted by Crippen LogP contribution is 2.36. The van der Waals surface area contributed by atoms with Gasteiger partial charge in [-0.1, -0.05) is 18.6 Å². The number of aryl methyl sites for hydroxylation is 2. The van der Waals surface area contributed by atoms with Crippen LogP contribution in [0.2, 0.25) is 0 Å². The number of nitrogens with one attached hydrogen (secondary N) is 1. The van der Waals surface area contributed by atoms with Gasteiger partial charge in [-0.2, -0.15) is 5.11 Å². The molecule has 196 valence electrons. The molecule has 2 aliphatic heterocycles. The van der Waals surface area contributed by atoms with Crippen LogP contribution in [-0.2, 0) is 27.5 Å². The Kier molecular flexibility index (Phi) is 8.78. The van der Waals surface area contributed by atoms with Crippen molar-refractivity contribution in [3.05, 3.63) is 52.6 Å². The van der Waals surface area contributed by atoms with E-state index < -0.39 is 0 Å². The minimum Gasteiger partial charge on any atom is -0.486 e. The highest BCUT2D eigenvalue weighted by Gasteiger charge is 2.35. The van der Waals surface area contributed by atoms with Crippen molar-refractivity contribution in [2.45, 2.75) is 71.5 Å². The van der Waals surface area contributed by atoms with Crippen molar-refractivity contribution < 1.29 is 19.1 Å². The van der Waals surface area contributed by atoms with Crippen LogP contribution in [0, 0.1) is 13.8 Å². The summed E-state index contributed by atoms with van der Waals surface area (Å²) < 4.78 is 5.74. The van der Waals surface area contributed by atoms with E-state index in [-0.39, 0.29) is 30.2 Å². The molecule has 3 N–H and O–H groups in total. The smallest absolute Gasteiger partial charge is 0.243 e. The predicted octanol–water partition coefficient (Wildman–Crippen LogP) is 4.31. The molecular formula is C28H35N5O4. The molecule has 2 heterocycles. The number of carbonyl (C=O) groups is 3. The van der Waals surface area contributed by atoms with Crippen LogP contribution in [-0.4, -0.2) is 41.7 Å². The summed E-state index contributed by atoms with van der Waals surface area (Å²) in [6, 6.07) is 9.36. The van der Waals surface area contributed by atoms with Crippen LogP contribution in [0.3, 0.4) is 0 Å². The topological polar surface area (TPSA) is 126 Å². The monoisotopic (exact) mass is 505 g/mol. The van der Waals surface area contributed by atoms with Gasteiger partial charge in [-0.15, -0.1) is 5.11 Å². The van der Waals surface area contributed by atoms with E-state index in [2.05, 4.69) is 20.4 Å². The highest BCUT2D eigenvalue weighted by molar-refractivity contribution is 6.00. The second-order valence-corrected chi connectivity index (χ2v) is 9.82. The summed E-state index contributed by atoms with van der Waals surface area (Å²) in [6.07, 6.45) is 4.13. The van der Waals surface area contributed by atoms with Crippen LogP contribution in [0.25, 0.3) is 0 Å². The van der Waals surface area contributed by atoms with Crippen LogP contribution >= 0.6 is 0 Å². The molecule has 0 aromatic heterocycles. The number of imide groups is 1. The fourth-order valence-corrected chi connectivity index (χ4v) is 4.91. The summed E-state index contributed by atoms with van der Waals surface area (Å²) >= 11 is 0. The molecule has 9 heteroatoms. The van der Waals surface area contributed by atoms with Crippen LogP contribution in [0.1, 0.15) is 60.8 Å². The number of piperidine rings is 1. The average Bonchev–Trinajstić information content (AvgIpc) is 3.29. The zero-order chi connectivity index (χ0) is 26.4. The Morgan fingerprint density at radius 3 is 2.62 bits per heavy atom. The quantitative estimate of drug-likeness (QED) is 0.266. The van der Waals surface area contributed by atoms with E-state index in [4.69, 9.17) is 10.5 Å². The second-order valence-electron chi connectivity index (χ2n) is 9.82. The first-order valence-electron chi connectivity index (χ1n) is 12.9. The standard InChI is InChI=1S/C28H35N5O4/c1-18-13-22(37-17-21(34)8-4-3-5-12-29)14-19(2)27(18)32-31-24-9-6-7-20-15-33(16-23(20)24)25-10-11-26(35)30-28(25)36/h6-7,9,13-14,25H,3-5,8,10-12,15-17,29H2,1-2H3,(H,30,35,36). The van der Waals surface area contributed by atoms with Crippen molar-refractivity contribution >= 4 is 29.0 Å². The minimum absolute atomic E-state index is 0.0577. The molecule has 0 radical (unpaired) electrons. The minimum atomic E-state index is -0.315. The Morgan fingerprint density at radius 1 is 1.11 bits per heavy atom. The van der Waals surface area contributed by atoms with Crippen molar-refractivity contribution in [2.75, 3.05) is 13.2 Å². The molecule has 1 atom stereocenters. The first-order chi connectivity index (χ1) is 17.9. The summed E-state index contributed by atoms with van der Waals surface area (Å²) in [5.41, 5.74) is 11.0. The van der Waals surface area contributed by atoms with Crippen molar-refractivity contribution in [3.63, 3.8) is 0 Å². The zero-order valence-electron chi connectivity index (χ0n) is 21.6. The molecule has 4 rings (SSSR count). The molecule has 1 saturated heterocycles. The van der Waals surface area contributed by atoms with Gasteiger partial charge >= 0.3 is 0 Å². The maximum Gasteiger partial charge on any atom is 0.243 e. The van der Waals surface area contributed by atoms with Gasteiger partial charge in [0.2, 0.25) is 11.8 Å². The van der Waals surface area contributed by atoms with Crippen LogP contribution in [0.5, 0.6) is 5.75 Å². The fraction of sp³-hybridized carbons (Fsp3) is 0.464. The number of fused-ring (bicyclic) bond motifs is 1. The van der Waals surface area contributed by atoms with Gasteiger partial charge in [0.15, 0.2) is 5.78 Å². The molecule has 2 aliphatic rings. The lowest BCUT2D eigenvalue weighted by Gasteiger charge is -2.29. The number of rotatable bonds is 11. The maximum atomic E-state index is 12.3. The Hall–Kier alpha value is -3.43. The third kappa shape index (κ3) is 6.67. The number of hydrogen-bond donors (Lipinski definition) is 2. The molecule has 0 saturated carbocycles. The molecule has 0 bridgehead atoms. The van der Waals surface area contributed by atoms with E-state index in [0.29, 0.717) is 44.6 Å².